The number of halogens is 3. The summed E-state index contributed by atoms with van der Waals surface area (Å²) in [5, 5.41) is 0. The van der Waals surface area contributed by atoms with Crippen molar-refractivity contribution >= 4 is 10.4 Å². The largest absolute Gasteiger partial charge is 1.00 e. The second kappa shape index (κ2) is 3.59. The molecule has 0 unspecified atom stereocenters. The van der Waals surface area contributed by atoms with E-state index in [-0.39, 0.29) is 20.3 Å². The normalized spacial score (nSPS) is 12.4. The zero-order chi connectivity index (χ0) is 7.71. The molecule has 0 fully saturated rings. The molecule has 0 aliphatic carbocycles. The van der Waals surface area contributed by atoms with Crippen LogP contribution in [-0.4, -0.2) is 19.3 Å². The van der Waals surface area contributed by atoms with Gasteiger partial charge in [-0.3, -0.25) is 4.55 Å². The predicted molar refractivity (Wildman–Crippen MR) is 19.8 cm³/mol. The maximum Gasteiger partial charge on any atom is 1.00 e. The molecule has 0 atom stereocenters. The molecule has 0 aromatic carbocycles. The van der Waals surface area contributed by atoms with Crippen molar-refractivity contribution in [2.75, 3.05) is 0 Å². The van der Waals surface area contributed by atoms with Crippen LogP contribution >= 0.6 is 0 Å². The Bertz CT molecular complexity index is 186. The molecule has 10 heavy (non-hydrogen) atoms. The summed E-state index contributed by atoms with van der Waals surface area (Å²) < 4.78 is 60.4. The van der Waals surface area contributed by atoms with Gasteiger partial charge in [0.15, 0.2) is 0 Å². The van der Waals surface area contributed by atoms with E-state index in [9.17, 15) is 21.6 Å². The monoisotopic (exact) mass is 174 g/mol. The van der Waals surface area contributed by atoms with Crippen LogP contribution in [0.1, 0.15) is 1.43 Å². The first-order valence-corrected chi connectivity index (χ1v) is 2.82. The van der Waals surface area contributed by atoms with Gasteiger partial charge in [0, 0.05) is 0 Å². The molecule has 58 valence electrons. The van der Waals surface area contributed by atoms with Crippen LogP contribution in [0.5, 0.6) is 0 Å². The summed E-state index contributed by atoms with van der Waals surface area (Å²) in [7, 11) is -5.41. The molecular formula is CH2F3LiO4S. The summed E-state index contributed by atoms with van der Waals surface area (Å²) >= 11 is 0. The van der Waals surface area contributed by atoms with E-state index in [2.05, 4.69) is 4.18 Å². The molecule has 0 bridgehead atoms. The molecule has 0 spiro atoms. The van der Waals surface area contributed by atoms with Crippen molar-refractivity contribution in [3.8, 4) is 0 Å². The molecule has 0 aromatic rings. The van der Waals surface area contributed by atoms with Crippen LogP contribution in [0.25, 0.3) is 0 Å². The zero-order valence-electron chi connectivity index (χ0n) is 5.71. The smallest absolute Gasteiger partial charge is 1.00 e. The maximum atomic E-state index is 10.8. The SMILES string of the molecule is O=S(=O)(O)OC(F)(F)F.[H-].[Li+]. The van der Waals surface area contributed by atoms with E-state index in [4.69, 9.17) is 4.55 Å². The molecule has 0 aliphatic heterocycles. The van der Waals surface area contributed by atoms with Gasteiger partial charge in [-0.05, 0) is 0 Å². The van der Waals surface area contributed by atoms with Crippen molar-refractivity contribution in [1.29, 1.82) is 0 Å². The fourth-order valence-electron chi connectivity index (χ4n) is 0.119. The Kier molecular flexibility index (Phi) is 4.63. The van der Waals surface area contributed by atoms with Crippen molar-refractivity contribution < 1.29 is 50.6 Å². The first kappa shape index (κ1) is 12.9. The number of hydrogen-bond donors (Lipinski definition) is 1. The van der Waals surface area contributed by atoms with Crippen LogP contribution in [-0.2, 0) is 14.6 Å². The van der Waals surface area contributed by atoms with Crippen molar-refractivity contribution in [2.24, 2.45) is 0 Å². The van der Waals surface area contributed by atoms with Crippen molar-refractivity contribution in [2.45, 2.75) is 6.36 Å². The molecular weight excluding hydrogens is 172 g/mol. The summed E-state index contributed by atoms with van der Waals surface area (Å²) in [5.74, 6) is 0. The van der Waals surface area contributed by atoms with E-state index in [1.165, 1.54) is 0 Å². The molecule has 0 heterocycles. The van der Waals surface area contributed by atoms with Crippen molar-refractivity contribution in [3.05, 3.63) is 0 Å². The van der Waals surface area contributed by atoms with Crippen LogP contribution in [0.4, 0.5) is 13.2 Å². The average molecular weight is 174 g/mol. The van der Waals surface area contributed by atoms with Crippen molar-refractivity contribution in [1.82, 2.24) is 0 Å². The molecule has 0 saturated heterocycles. The molecule has 4 nitrogen and oxygen atoms in total. The fourth-order valence-corrected chi connectivity index (χ4v) is 0.358. The molecule has 0 radical (unpaired) electrons. The molecule has 0 saturated carbocycles. The van der Waals surface area contributed by atoms with Gasteiger partial charge in [-0.1, -0.05) is 0 Å². The predicted octanol–water partition coefficient (Wildman–Crippen LogP) is -2.56. The second-order valence-electron chi connectivity index (χ2n) is 0.957. The average Bonchev–Trinajstić information content (AvgIpc) is 1.14. The van der Waals surface area contributed by atoms with Gasteiger partial charge in [0.1, 0.15) is 0 Å². The van der Waals surface area contributed by atoms with Gasteiger partial charge in [-0.15, -0.1) is 17.4 Å². The number of alkyl halides is 3. The third-order valence-corrected chi connectivity index (χ3v) is 0.599. The first-order chi connectivity index (χ1) is 3.71. The van der Waals surface area contributed by atoms with Gasteiger partial charge in [0.05, 0.1) is 0 Å². The number of rotatable bonds is 1. The van der Waals surface area contributed by atoms with Crippen LogP contribution in [0.15, 0.2) is 0 Å². The van der Waals surface area contributed by atoms with Gasteiger partial charge in [-0.25, -0.2) is 0 Å². The molecule has 0 aromatic heterocycles. The third-order valence-electron chi connectivity index (χ3n) is 0.200. The van der Waals surface area contributed by atoms with Crippen molar-refractivity contribution in [3.63, 3.8) is 0 Å². The fraction of sp³-hybridized carbons (Fsp3) is 1.00. The van der Waals surface area contributed by atoms with Gasteiger partial charge >= 0.3 is 35.6 Å². The minimum Gasteiger partial charge on any atom is -1.00 e. The number of hydrogen-bond acceptors (Lipinski definition) is 3. The third kappa shape index (κ3) is 11.1. The van der Waals surface area contributed by atoms with Crippen LogP contribution in [0.3, 0.4) is 0 Å². The standard InChI is InChI=1S/CHF3O4S.Li.H/c2-1(3,4)8-9(5,6)7;;/h(H,5,6,7);;/q;+1;-1. The van der Waals surface area contributed by atoms with E-state index in [1.54, 1.807) is 0 Å². The van der Waals surface area contributed by atoms with E-state index in [0.29, 0.717) is 0 Å². The van der Waals surface area contributed by atoms with Gasteiger partial charge in [-0.2, -0.15) is 8.42 Å². The van der Waals surface area contributed by atoms with E-state index in [1.807, 2.05) is 0 Å². The summed E-state index contributed by atoms with van der Waals surface area (Å²) in [6.45, 7) is 0. The van der Waals surface area contributed by atoms with Gasteiger partial charge in [0.2, 0.25) is 0 Å². The Morgan fingerprint density at radius 2 is 1.70 bits per heavy atom. The second-order valence-corrected chi connectivity index (χ2v) is 1.98. The minimum atomic E-state index is -5.41. The molecule has 0 amide bonds. The van der Waals surface area contributed by atoms with Gasteiger partial charge in [0.25, 0.3) is 0 Å². The zero-order valence-corrected chi connectivity index (χ0v) is 5.53. The molecule has 0 rings (SSSR count). The van der Waals surface area contributed by atoms with E-state index < -0.39 is 16.8 Å². The summed E-state index contributed by atoms with van der Waals surface area (Å²) in [5.41, 5.74) is 0. The molecule has 9 heteroatoms. The first-order valence-electron chi connectivity index (χ1n) is 1.45. The van der Waals surface area contributed by atoms with Crippen LogP contribution < -0.4 is 18.9 Å². The summed E-state index contributed by atoms with van der Waals surface area (Å²) in [6, 6.07) is 0. The Morgan fingerprint density at radius 1 is 1.40 bits per heavy atom. The maximum absolute atomic E-state index is 10.8. The quantitative estimate of drug-likeness (QED) is 0.351. The Labute approximate surface area is 68.0 Å². The van der Waals surface area contributed by atoms with Crippen LogP contribution in [0, 0.1) is 0 Å². The topological polar surface area (TPSA) is 63.6 Å². The van der Waals surface area contributed by atoms with E-state index in [0.717, 1.165) is 0 Å². The Hall–Kier alpha value is 0.257. The van der Waals surface area contributed by atoms with E-state index >= 15 is 0 Å². The molecule has 0 aliphatic rings. The minimum absolute atomic E-state index is 0. The molecule has 1 N–H and O–H groups in total. The summed E-state index contributed by atoms with van der Waals surface area (Å²) in [6.07, 6.45) is -5.35. The van der Waals surface area contributed by atoms with Gasteiger partial charge < -0.3 is 1.43 Å². The van der Waals surface area contributed by atoms with Crippen LogP contribution in [0.2, 0.25) is 0 Å². The Balaban J connectivity index is -0.000000320. The Morgan fingerprint density at radius 3 is 1.70 bits per heavy atom. The summed E-state index contributed by atoms with van der Waals surface area (Å²) in [4.78, 5) is 0.